The molecule has 0 fully saturated rings. The van der Waals surface area contributed by atoms with E-state index in [4.69, 9.17) is 14.2 Å². The molecular weight excluding hydrogens is 406 g/mol. The highest BCUT2D eigenvalue weighted by atomic mass is 16.5. The zero-order chi connectivity index (χ0) is 22.7. The summed E-state index contributed by atoms with van der Waals surface area (Å²) in [4.78, 5) is 16.6. The van der Waals surface area contributed by atoms with Crippen molar-refractivity contribution in [3.63, 3.8) is 0 Å². The first kappa shape index (κ1) is 21.2. The van der Waals surface area contributed by atoms with Gasteiger partial charge in [0.1, 0.15) is 17.9 Å². The number of aromatic nitrogens is 1. The number of benzene rings is 3. The SMILES string of the molecule is COc1cc(-c2cc(C(=O)O)c3cccc(OC)c3n2)ccc1OCc1ccc(C)cc1. The van der Waals surface area contributed by atoms with Gasteiger partial charge in [0.2, 0.25) is 0 Å². The Morgan fingerprint density at radius 1 is 0.906 bits per heavy atom. The zero-order valence-electron chi connectivity index (χ0n) is 18.1. The summed E-state index contributed by atoms with van der Waals surface area (Å²) < 4.78 is 16.9. The summed E-state index contributed by atoms with van der Waals surface area (Å²) in [7, 11) is 3.10. The van der Waals surface area contributed by atoms with Crippen LogP contribution in [0.3, 0.4) is 0 Å². The third-order valence-electron chi connectivity index (χ3n) is 5.23. The summed E-state index contributed by atoms with van der Waals surface area (Å²) >= 11 is 0. The van der Waals surface area contributed by atoms with Gasteiger partial charge in [-0.05, 0) is 42.8 Å². The minimum Gasteiger partial charge on any atom is -0.494 e. The van der Waals surface area contributed by atoms with Crippen molar-refractivity contribution in [3.8, 4) is 28.5 Å². The van der Waals surface area contributed by atoms with Crippen molar-refractivity contribution >= 4 is 16.9 Å². The number of fused-ring (bicyclic) bond motifs is 1. The van der Waals surface area contributed by atoms with Crippen LogP contribution in [0.25, 0.3) is 22.2 Å². The van der Waals surface area contributed by atoms with E-state index in [-0.39, 0.29) is 5.56 Å². The molecule has 0 spiro atoms. The van der Waals surface area contributed by atoms with Crippen molar-refractivity contribution in [1.82, 2.24) is 4.98 Å². The van der Waals surface area contributed by atoms with E-state index in [1.807, 2.05) is 37.3 Å². The Balaban J connectivity index is 1.72. The van der Waals surface area contributed by atoms with Gasteiger partial charge in [0.25, 0.3) is 0 Å². The lowest BCUT2D eigenvalue weighted by Crippen LogP contribution is -2.02. The van der Waals surface area contributed by atoms with Crippen LogP contribution < -0.4 is 14.2 Å². The smallest absolute Gasteiger partial charge is 0.336 e. The molecule has 0 aliphatic heterocycles. The van der Waals surface area contributed by atoms with Gasteiger partial charge in [-0.15, -0.1) is 0 Å². The van der Waals surface area contributed by atoms with Crippen LogP contribution >= 0.6 is 0 Å². The molecule has 0 aliphatic rings. The van der Waals surface area contributed by atoms with Gasteiger partial charge in [-0.2, -0.15) is 0 Å². The highest BCUT2D eigenvalue weighted by Gasteiger charge is 2.17. The molecule has 6 nitrogen and oxygen atoms in total. The molecule has 0 radical (unpaired) electrons. The monoisotopic (exact) mass is 429 g/mol. The molecule has 0 aliphatic carbocycles. The topological polar surface area (TPSA) is 77.9 Å². The number of carboxylic acid groups (broad SMARTS) is 1. The molecule has 0 saturated carbocycles. The summed E-state index contributed by atoms with van der Waals surface area (Å²) in [6.45, 7) is 2.45. The molecule has 32 heavy (non-hydrogen) atoms. The van der Waals surface area contributed by atoms with Crippen molar-refractivity contribution in [2.24, 2.45) is 0 Å². The van der Waals surface area contributed by atoms with Gasteiger partial charge in [-0.25, -0.2) is 9.78 Å². The summed E-state index contributed by atoms with van der Waals surface area (Å²) in [5.41, 5.74) is 4.10. The Bertz CT molecular complexity index is 1280. The quantitative estimate of drug-likeness (QED) is 0.418. The Morgan fingerprint density at radius 3 is 2.34 bits per heavy atom. The largest absolute Gasteiger partial charge is 0.494 e. The number of pyridine rings is 1. The highest BCUT2D eigenvalue weighted by Crippen LogP contribution is 2.35. The van der Waals surface area contributed by atoms with Crippen molar-refractivity contribution < 1.29 is 24.1 Å². The third-order valence-corrected chi connectivity index (χ3v) is 5.23. The van der Waals surface area contributed by atoms with E-state index in [0.717, 1.165) is 5.56 Å². The standard InChI is InChI=1S/C26H23NO5/c1-16-7-9-17(10-8-16)15-32-22-12-11-18(13-24(22)31-3)21-14-20(26(28)29)19-5-4-6-23(30-2)25(19)27-21/h4-14H,15H2,1-3H3,(H,28,29). The number of aryl methyl sites for hydroxylation is 1. The average molecular weight is 429 g/mol. The van der Waals surface area contributed by atoms with E-state index in [0.29, 0.717) is 46.0 Å². The van der Waals surface area contributed by atoms with Crippen LogP contribution in [-0.4, -0.2) is 30.3 Å². The van der Waals surface area contributed by atoms with Crippen molar-refractivity contribution in [1.29, 1.82) is 0 Å². The van der Waals surface area contributed by atoms with Gasteiger partial charge < -0.3 is 19.3 Å². The minimum absolute atomic E-state index is 0.155. The van der Waals surface area contributed by atoms with Gasteiger partial charge in [-0.3, -0.25) is 0 Å². The molecular formula is C26H23NO5. The fraction of sp³-hybridized carbons (Fsp3) is 0.154. The van der Waals surface area contributed by atoms with Crippen LogP contribution in [0, 0.1) is 6.92 Å². The summed E-state index contributed by atoms with van der Waals surface area (Å²) in [6, 6.07) is 20.3. The number of rotatable bonds is 7. The number of para-hydroxylation sites is 1. The van der Waals surface area contributed by atoms with Crippen LogP contribution in [0.1, 0.15) is 21.5 Å². The van der Waals surface area contributed by atoms with E-state index >= 15 is 0 Å². The lowest BCUT2D eigenvalue weighted by atomic mass is 10.0. The lowest BCUT2D eigenvalue weighted by Gasteiger charge is -2.14. The molecule has 3 aromatic carbocycles. The predicted molar refractivity (Wildman–Crippen MR) is 123 cm³/mol. The first-order valence-electron chi connectivity index (χ1n) is 10.1. The molecule has 6 heteroatoms. The molecule has 0 bridgehead atoms. The summed E-state index contributed by atoms with van der Waals surface area (Å²) in [5, 5.41) is 10.3. The third kappa shape index (κ3) is 4.21. The molecule has 4 rings (SSSR count). The molecule has 162 valence electrons. The molecule has 0 atom stereocenters. The molecule has 0 saturated heterocycles. The first-order chi connectivity index (χ1) is 15.5. The van der Waals surface area contributed by atoms with Gasteiger partial charge in [0, 0.05) is 10.9 Å². The summed E-state index contributed by atoms with van der Waals surface area (Å²) in [5.74, 6) is 0.607. The number of methoxy groups -OCH3 is 2. The van der Waals surface area contributed by atoms with E-state index in [9.17, 15) is 9.90 Å². The highest BCUT2D eigenvalue weighted by molar-refractivity contribution is 6.05. The van der Waals surface area contributed by atoms with E-state index in [1.54, 1.807) is 43.5 Å². The molecule has 4 aromatic rings. The van der Waals surface area contributed by atoms with Crippen LogP contribution in [0.15, 0.2) is 66.7 Å². The number of aromatic carboxylic acids is 1. The zero-order valence-corrected chi connectivity index (χ0v) is 18.1. The number of hydrogen-bond donors (Lipinski definition) is 1. The Labute approximate surface area is 186 Å². The second kappa shape index (κ2) is 8.98. The van der Waals surface area contributed by atoms with E-state index in [2.05, 4.69) is 4.98 Å². The number of carboxylic acids is 1. The second-order valence-electron chi connectivity index (χ2n) is 7.36. The minimum atomic E-state index is -1.03. The maximum absolute atomic E-state index is 11.9. The molecule has 1 aromatic heterocycles. The maximum Gasteiger partial charge on any atom is 0.336 e. The first-order valence-corrected chi connectivity index (χ1v) is 10.1. The van der Waals surface area contributed by atoms with Crippen molar-refractivity contribution in [2.75, 3.05) is 14.2 Å². The number of nitrogens with zero attached hydrogens (tertiary/aromatic N) is 1. The van der Waals surface area contributed by atoms with E-state index in [1.165, 1.54) is 12.7 Å². The van der Waals surface area contributed by atoms with Gasteiger partial charge in [-0.1, -0.05) is 42.0 Å². The fourth-order valence-corrected chi connectivity index (χ4v) is 3.50. The summed E-state index contributed by atoms with van der Waals surface area (Å²) in [6.07, 6.45) is 0. The van der Waals surface area contributed by atoms with Crippen molar-refractivity contribution in [3.05, 3.63) is 83.4 Å². The molecule has 1 N–H and O–H groups in total. The van der Waals surface area contributed by atoms with Crippen molar-refractivity contribution in [2.45, 2.75) is 13.5 Å². The Morgan fingerprint density at radius 2 is 1.66 bits per heavy atom. The molecule has 0 unspecified atom stereocenters. The number of hydrogen-bond acceptors (Lipinski definition) is 5. The lowest BCUT2D eigenvalue weighted by molar-refractivity contribution is 0.0699. The van der Waals surface area contributed by atoms with E-state index < -0.39 is 5.97 Å². The van der Waals surface area contributed by atoms with Crippen LogP contribution in [-0.2, 0) is 6.61 Å². The predicted octanol–water partition coefficient (Wildman–Crippen LogP) is 5.50. The Hall–Kier alpha value is -4.06. The average Bonchev–Trinajstić information content (AvgIpc) is 2.82. The van der Waals surface area contributed by atoms with Crippen LogP contribution in [0.5, 0.6) is 17.2 Å². The normalized spacial score (nSPS) is 10.7. The van der Waals surface area contributed by atoms with Gasteiger partial charge in [0.15, 0.2) is 11.5 Å². The fourth-order valence-electron chi connectivity index (χ4n) is 3.50. The molecule has 1 heterocycles. The second-order valence-corrected chi connectivity index (χ2v) is 7.36. The van der Waals surface area contributed by atoms with Gasteiger partial charge in [0.05, 0.1) is 25.5 Å². The maximum atomic E-state index is 11.9. The Kier molecular flexibility index (Phi) is 5.94. The van der Waals surface area contributed by atoms with Crippen LogP contribution in [0.4, 0.5) is 0 Å². The number of ether oxygens (including phenoxy) is 3. The molecule has 0 amide bonds. The van der Waals surface area contributed by atoms with Gasteiger partial charge >= 0.3 is 5.97 Å². The number of carbonyl (C=O) groups is 1. The van der Waals surface area contributed by atoms with Crippen LogP contribution in [0.2, 0.25) is 0 Å².